The van der Waals surface area contributed by atoms with Crippen LogP contribution in [-0.2, 0) is 9.53 Å². The van der Waals surface area contributed by atoms with Gasteiger partial charge >= 0.3 is 0 Å². The number of nitrogens with zero attached hydrogens (tertiary/aromatic N) is 1. The quantitative estimate of drug-likeness (QED) is 0.723. The molecule has 1 aromatic heterocycles. The van der Waals surface area contributed by atoms with Crippen molar-refractivity contribution in [2.24, 2.45) is 11.8 Å². The number of amides is 2. The van der Waals surface area contributed by atoms with Crippen molar-refractivity contribution in [2.75, 3.05) is 13.2 Å². The summed E-state index contributed by atoms with van der Waals surface area (Å²) in [5.74, 6) is -2.92. The summed E-state index contributed by atoms with van der Waals surface area (Å²) in [5.41, 5.74) is 0.272. The Bertz CT molecular complexity index is 710. The number of rotatable bonds is 6. The maximum Gasteiger partial charge on any atom is 0.270 e. The lowest BCUT2D eigenvalue weighted by atomic mass is 9.92. The fourth-order valence-electron chi connectivity index (χ4n) is 3.72. The van der Waals surface area contributed by atoms with Crippen LogP contribution < -0.4 is 10.6 Å². The van der Waals surface area contributed by atoms with Gasteiger partial charge in [-0.25, -0.2) is 13.8 Å². The number of hydrogen-bond donors (Lipinski definition) is 2. The molecule has 2 heterocycles. The highest BCUT2D eigenvalue weighted by Gasteiger charge is 2.35. The van der Waals surface area contributed by atoms with E-state index in [0.717, 1.165) is 0 Å². The van der Waals surface area contributed by atoms with Crippen molar-refractivity contribution in [3.05, 3.63) is 16.1 Å². The molecule has 29 heavy (non-hydrogen) atoms. The number of hydrogen-bond acceptors (Lipinski definition) is 5. The molecule has 162 valence electrons. The molecule has 0 radical (unpaired) electrons. The molecular formula is C20H29F2N3O3S. The van der Waals surface area contributed by atoms with Crippen LogP contribution >= 0.6 is 11.3 Å². The van der Waals surface area contributed by atoms with Crippen molar-refractivity contribution in [2.45, 2.75) is 70.4 Å². The highest BCUT2D eigenvalue weighted by atomic mass is 32.1. The van der Waals surface area contributed by atoms with Gasteiger partial charge in [0.15, 0.2) is 0 Å². The third kappa shape index (κ3) is 5.94. The van der Waals surface area contributed by atoms with Gasteiger partial charge in [-0.2, -0.15) is 0 Å². The fourth-order valence-corrected chi connectivity index (χ4v) is 4.74. The first-order valence-electron chi connectivity index (χ1n) is 10.3. The van der Waals surface area contributed by atoms with Crippen molar-refractivity contribution in [1.29, 1.82) is 0 Å². The van der Waals surface area contributed by atoms with Gasteiger partial charge < -0.3 is 15.4 Å². The number of aromatic nitrogens is 1. The number of nitrogens with one attached hydrogen (secondary N) is 2. The molecule has 2 fully saturated rings. The van der Waals surface area contributed by atoms with Crippen LogP contribution in [0.25, 0.3) is 0 Å². The maximum atomic E-state index is 13.3. The molecule has 9 heteroatoms. The summed E-state index contributed by atoms with van der Waals surface area (Å²) in [4.78, 5) is 29.5. The number of ether oxygens (including phenoxy) is 1. The number of carbonyl (C=O) groups is 2. The van der Waals surface area contributed by atoms with Crippen LogP contribution in [0.1, 0.15) is 73.9 Å². The molecule has 0 aromatic carbocycles. The fraction of sp³-hybridized carbons (Fsp3) is 0.750. The molecule has 2 N–H and O–H groups in total. The normalized spacial score (nSPS) is 21.7. The molecule has 6 nitrogen and oxygen atoms in total. The summed E-state index contributed by atoms with van der Waals surface area (Å²) < 4.78 is 31.9. The minimum absolute atomic E-state index is 0.00339. The van der Waals surface area contributed by atoms with Crippen molar-refractivity contribution in [1.82, 2.24) is 15.6 Å². The van der Waals surface area contributed by atoms with E-state index in [2.05, 4.69) is 15.6 Å². The van der Waals surface area contributed by atoms with E-state index in [1.165, 1.54) is 11.3 Å². The van der Waals surface area contributed by atoms with Gasteiger partial charge in [0.25, 0.3) is 5.91 Å². The number of halogens is 2. The van der Waals surface area contributed by atoms with Crippen LogP contribution in [0.15, 0.2) is 5.38 Å². The Morgan fingerprint density at radius 3 is 2.48 bits per heavy atom. The molecule has 1 saturated heterocycles. The van der Waals surface area contributed by atoms with E-state index in [1.807, 2.05) is 13.8 Å². The number of alkyl halides is 2. The SMILES string of the molecule is CC(C)C(NC(=O)C1CCOCC1)c1nc(C(=O)NC2CCC(F)(F)CC2)cs1. The Morgan fingerprint density at radius 1 is 1.21 bits per heavy atom. The molecular weight excluding hydrogens is 400 g/mol. The zero-order valence-corrected chi connectivity index (χ0v) is 17.7. The van der Waals surface area contributed by atoms with E-state index in [9.17, 15) is 18.4 Å². The van der Waals surface area contributed by atoms with Crippen LogP contribution in [0.4, 0.5) is 8.78 Å². The minimum Gasteiger partial charge on any atom is -0.381 e. The van der Waals surface area contributed by atoms with Crippen molar-refractivity contribution in [3.8, 4) is 0 Å². The molecule has 1 aliphatic heterocycles. The highest BCUT2D eigenvalue weighted by molar-refractivity contribution is 7.09. The van der Waals surface area contributed by atoms with Crippen molar-refractivity contribution < 1.29 is 23.1 Å². The predicted octanol–water partition coefficient (Wildman–Crippen LogP) is 3.69. The molecule has 0 spiro atoms. The van der Waals surface area contributed by atoms with Crippen molar-refractivity contribution >= 4 is 23.2 Å². The van der Waals surface area contributed by atoms with Gasteiger partial charge in [0, 0.05) is 43.4 Å². The zero-order valence-electron chi connectivity index (χ0n) is 16.9. The smallest absolute Gasteiger partial charge is 0.270 e. The zero-order chi connectivity index (χ0) is 21.0. The Labute approximate surface area is 173 Å². The second-order valence-electron chi connectivity index (χ2n) is 8.29. The molecule has 1 aliphatic carbocycles. The lowest BCUT2D eigenvalue weighted by molar-refractivity contribution is -0.129. The van der Waals surface area contributed by atoms with E-state index in [4.69, 9.17) is 4.74 Å². The van der Waals surface area contributed by atoms with E-state index in [-0.39, 0.29) is 67.1 Å². The van der Waals surface area contributed by atoms with Gasteiger partial charge in [0.05, 0.1) is 6.04 Å². The van der Waals surface area contributed by atoms with Crippen molar-refractivity contribution in [3.63, 3.8) is 0 Å². The third-order valence-electron chi connectivity index (χ3n) is 5.63. The summed E-state index contributed by atoms with van der Waals surface area (Å²) in [7, 11) is 0. The number of thiazole rings is 1. The van der Waals surface area contributed by atoms with Gasteiger partial charge in [-0.3, -0.25) is 9.59 Å². The average Bonchev–Trinajstić information content (AvgIpc) is 3.18. The van der Waals surface area contributed by atoms with Crippen LogP contribution in [0, 0.1) is 11.8 Å². The van der Waals surface area contributed by atoms with Crippen LogP contribution in [0.3, 0.4) is 0 Å². The average molecular weight is 430 g/mol. The predicted molar refractivity (Wildman–Crippen MR) is 106 cm³/mol. The lowest BCUT2D eigenvalue weighted by Crippen LogP contribution is -2.40. The van der Waals surface area contributed by atoms with Gasteiger partial charge in [-0.15, -0.1) is 11.3 Å². The summed E-state index contributed by atoms with van der Waals surface area (Å²) in [5, 5.41) is 8.25. The van der Waals surface area contributed by atoms with E-state index in [1.54, 1.807) is 5.38 Å². The van der Waals surface area contributed by atoms with Gasteiger partial charge in [-0.05, 0) is 31.6 Å². The standard InChI is InChI=1S/C20H29F2N3O3S/c1-12(2)16(25-17(26)13-5-9-28-10-6-13)19-24-15(11-29-19)18(27)23-14-3-7-20(21,22)8-4-14/h11-14,16H,3-10H2,1-2H3,(H,23,27)(H,25,26). The Morgan fingerprint density at radius 2 is 1.86 bits per heavy atom. The Hall–Kier alpha value is -1.61. The first kappa shape index (κ1) is 22.1. The van der Waals surface area contributed by atoms with E-state index in [0.29, 0.717) is 31.1 Å². The largest absolute Gasteiger partial charge is 0.381 e. The summed E-state index contributed by atoms with van der Waals surface area (Å²) in [6.07, 6.45) is 1.56. The second-order valence-corrected chi connectivity index (χ2v) is 9.18. The van der Waals surface area contributed by atoms with E-state index < -0.39 is 5.92 Å². The number of carbonyl (C=O) groups excluding carboxylic acids is 2. The Kier molecular flexibility index (Phi) is 7.21. The summed E-state index contributed by atoms with van der Waals surface area (Å²) >= 11 is 1.33. The molecule has 1 unspecified atom stereocenters. The van der Waals surface area contributed by atoms with E-state index >= 15 is 0 Å². The van der Waals surface area contributed by atoms with Gasteiger partial charge in [0.2, 0.25) is 11.8 Å². The second kappa shape index (κ2) is 9.47. The maximum absolute atomic E-state index is 13.3. The molecule has 2 amide bonds. The summed E-state index contributed by atoms with van der Waals surface area (Å²) in [6, 6.07) is -0.522. The minimum atomic E-state index is -2.62. The van der Waals surface area contributed by atoms with Gasteiger partial charge in [0.1, 0.15) is 10.7 Å². The van der Waals surface area contributed by atoms with Crippen LogP contribution in [-0.4, -0.2) is 42.0 Å². The molecule has 1 aromatic rings. The monoisotopic (exact) mass is 429 g/mol. The topological polar surface area (TPSA) is 80.3 Å². The molecule has 2 aliphatic rings. The third-order valence-corrected chi connectivity index (χ3v) is 6.56. The molecule has 3 rings (SSSR count). The Balaban J connectivity index is 1.60. The lowest BCUT2D eigenvalue weighted by Gasteiger charge is -2.28. The highest BCUT2D eigenvalue weighted by Crippen LogP contribution is 2.33. The van der Waals surface area contributed by atoms with Crippen LogP contribution in [0.2, 0.25) is 0 Å². The molecule has 1 saturated carbocycles. The van der Waals surface area contributed by atoms with Crippen LogP contribution in [0.5, 0.6) is 0 Å². The molecule has 1 atom stereocenters. The molecule has 0 bridgehead atoms. The van der Waals surface area contributed by atoms with Gasteiger partial charge in [-0.1, -0.05) is 13.8 Å². The first-order valence-corrected chi connectivity index (χ1v) is 11.2. The first-order chi connectivity index (χ1) is 13.7. The summed E-state index contributed by atoms with van der Waals surface area (Å²) in [6.45, 7) is 5.19.